The van der Waals surface area contributed by atoms with Gasteiger partial charge in [-0.1, -0.05) is 44.0 Å². The lowest BCUT2D eigenvalue weighted by molar-refractivity contribution is -0.116. The number of imidazole rings is 1. The number of nitriles is 1. The molecule has 0 radical (unpaired) electrons. The van der Waals surface area contributed by atoms with Gasteiger partial charge in [0, 0.05) is 44.5 Å². The van der Waals surface area contributed by atoms with Crippen molar-refractivity contribution >= 4 is 11.6 Å². The monoisotopic (exact) mass is 457 g/mol. The summed E-state index contributed by atoms with van der Waals surface area (Å²) >= 11 is 0. The first kappa shape index (κ1) is 25.2. The lowest BCUT2D eigenvalue weighted by atomic mass is 10.0. The fraction of sp³-hybridized carbons (Fsp3) is 0.393. The standard InChI is InChI=1S/C28H35N5O/c1-5-6-9-26(19-33(23(4)34)28-10-7-8-21(2)22(28)3)31-17-27-16-30-20-32(27)18-25-13-11-24(15-29)12-14-25/h7-8,10-14,16,20,26,31H,5-6,9,17-19H2,1-4H3/t26-/m0/s1. The van der Waals surface area contributed by atoms with E-state index in [1.54, 1.807) is 6.92 Å². The van der Waals surface area contributed by atoms with Gasteiger partial charge in [0.15, 0.2) is 0 Å². The zero-order valence-corrected chi connectivity index (χ0v) is 20.7. The van der Waals surface area contributed by atoms with Crippen LogP contribution >= 0.6 is 0 Å². The molecule has 1 atom stereocenters. The number of carbonyl (C=O) groups is 1. The third-order valence-corrected chi connectivity index (χ3v) is 6.36. The molecule has 0 fully saturated rings. The van der Waals surface area contributed by atoms with Crippen LogP contribution in [0.3, 0.4) is 0 Å². The molecule has 2 aromatic carbocycles. The average molecular weight is 458 g/mol. The Morgan fingerprint density at radius 1 is 1.21 bits per heavy atom. The van der Waals surface area contributed by atoms with Gasteiger partial charge in [0.2, 0.25) is 5.91 Å². The van der Waals surface area contributed by atoms with Gasteiger partial charge in [-0.05, 0) is 55.2 Å². The Labute approximate surface area is 203 Å². The van der Waals surface area contributed by atoms with E-state index < -0.39 is 0 Å². The van der Waals surface area contributed by atoms with Gasteiger partial charge in [-0.2, -0.15) is 5.26 Å². The quantitative estimate of drug-likeness (QED) is 0.434. The van der Waals surface area contributed by atoms with E-state index in [0.717, 1.165) is 41.8 Å². The predicted octanol–water partition coefficient (Wildman–Crippen LogP) is 5.12. The molecule has 0 saturated heterocycles. The zero-order valence-electron chi connectivity index (χ0n) is 20.7. The molecule has 0 unspecified atom stereocenters. The van der Waals surface area contributed by atoms with Crippen molar-refractivity contribution in [2.24, 2.45) is 0 Å². The van der Waals surface area contributed by atoms with Crippen LogP contribution in [0.2, 0.25) is 0 Å². The van der Waals surface area contributed by atoms with Crippen LogP contribution in [0.5, 0.6) is 0 Å². The van der Waals surface area contributed by atoms with Crippen LogP contribution in [0.15, 0.2) is 55.0 Å². The summed E-state index contributed by atoms with van der Waals surface area (Å²) in [6.45, 7) is 10.00. The number of carbonyl (C=O) groups excluding carboxylic acids is 1. The maximum atomic E-state index is 12.6. The molecule has 0 bridgehead atoms. The lowest BCUT2D eigenvalue weighted by Crippen LogP contribution is -2.43. The van der Waals surface area contributed by atoms with Crippen LogP contribution in [-0.4, -0.2) is 28.0 Å². The van der Waals surface area contributed by atoms with E-state index in [1.165, 1.54) is 5.56 Å². The SMILES string of the molecule is CCCC[C@@H](CN(C(C)=O)c1cccc(C)c1C)NCc1cncn1Cc1ccc(C#N)cc1. The number of unbranched alkanes of at least 4 members (excludes halogenated alkanes) is 1. The molecule has 0 aliphatic carbocycles. The van der Waals surface area contributed by atoms with E-state index in [1.807, 2.05) is 53.8 Å². The van der Waals surface area contributed by atoms with E-state index in [2.05, 4.69) is 47.8 Å². The highest BCUT2D eigenvalue weighted by atomic mass is 16.2. The molecule has 1 heterocycles. The van der Waals surface area contributed by atoms with E-state index >= 15 is 0 Å². The number of rotatable bonds is 11. The van der Waals surface area contributed by atoms with Crippen LogP contribution in [0, 0.1) is 25.2 Å². The topological polar surface area (TPSA) is 74.0 Å². The summed E-state index contributed by atoms with van der Waals surface area (Å²) in [5, 5.41) is 12.7. The van der Waals surface area contributed by atoms with Crippen molar-refractivity contribution in [3.63, 3.8) is 0 Å². The first-order chi connectivity index (χ1) is 16.4. The molecular formula is C28H35N5O. The van der Waals surface area contributed by atoms with Crippen LogP contribution in [-0.2, 0) is 17.9 Å². The number of nitrogens with zero attached hydrogens (tertiary/aromatic N) is 4. The zero-order chi connectivity index (χ0) is 24.5. The molecule has 1 amide bonds. The minimum Gasteiger partial charge on any atom is -0.329 e. The highest BCUT2D eigenvalue weighted by molar-refractivity contribution is 5.92. The van der Waals surface area contributed by atoms with Gasteiger partial charge in [-0.3, -0.25) is 4.79 Å². The van der Waals surface area contributed by atoms with Crippen molar-refractivity contribution in [1.29, 1.82) is 5.26 Å². The van der Waals surface area contributed by atoms with Gasteiger partial charge in [-0.15, -0.1) is 0 Å². The molecule has 3 rings (SSSR count). The van der Waals surface area contributed by atoms with Gasteiger partial charge in [-0.25, -0.2) is 4.98 Å². The third kappa shape index (κ3) is 6.55. The Hall–Kier alpha value is -3.43. The van der Waals surface area contributed by atoms with Gasteiger partial charge in [0.1, 0.15) is 0 Å². The number of anilines is 1. The van der Waals surface area contributed by atoms with Crippen LogP contribution in [0.25, 0.3) is 0 Å². The van der Waals surface area contributed by atoms with E-state index in [9.17, 15) is 4.79 Å². The first-order valence-corrected chi connectivity index (χ1v) is 12.0. The molecule has 34 heavy (non-hydrogen) atoms. The second kappa shape index (κ2) is 12.2. The smallest absolute Gasteiger partial charge is 0.223 e. The molecule has 0 aliphatic rings. The van der Waals surface area contributed by atoms with Crippen molar-refractivity contribution in [3.8, 4) is 6.07 Å². The summed E-state index contributed by atoms with van der Waals surface area (Å²) in [7, 11) is 0. The van der Waals surface area contributed by atoms with Crippen molar-refractivity contribution in [2.75, 3.05) is 11.4 Å². The minimum absolute atomic E-state index is 0.0582. The molecule has 178 valence electrons. The summed E-state index contributed by atoms with van der Waals surface area (Å²) in [6, 6.07) is 16.1. The molecule has 6 nitrogen and oxygen atoms in total. The molecule has 1 aromatic heterocycles. The minimum atomic E-state index is 0.0582. The van der Waals surface area contributed by atoms with E-state index in [-0.39, 0.29) is 11.9 Å². The van der Waals surface area contributed by atoms with Gasteiger partial charge >= 0.3 is 0 Å². The van der Waals surface area contributed by atoms with E-state index in [0.29, 0.717) is 25.2 Å². The van der Waals surface area contributed by atoms with Crippen molar-refractivity contribution in [1.82, 2.24) is 14.9 Å². The number of benzene rings is 2. The van der Waals surface area contributed by atoms with Gasteiger partial charge in [0.05, 0.1) is 23.7 Å². The summed E-state index contributed by atoms with van der Waals surface area (Å²) in [6.07, 6.45) is 6.93. The maximum Gasteiger partial charge on any atom is 0.223 e. The summed E-state index contributed by atoms with van der Waals surface area (Å²) in [4.78, 5) is 18.9. The van der Waals surface area contributed by atoms with Gasteiger partial charge < -0.3 is 14.8 Å². The molecule has 3 aromatic rings. The molecule has 1 N–H and O–H groups in total. The Morgan fingerprint density at radius 3 is 2.65 bits per heavy atom. The normalized spacial score (nSPS) is 11.7. The van der Waals surface area contributed by atoms with Crippen LogP contribution in [0.1, 0.15) is 61.1 Å². The molecule has 0 aliphatic heterocycles. The average Bonchev–Trinajstić information content (AvgIpc) is 3.27. The Balaban J connectivity index is 1.72. The number of hydrogen-bond donors (Lipinski definition) is 1. The largest absolute Gasteiger partial charge is 0.329 e. The predicted molar refractivity (Wildman–Crippen MR) is 137 cm³/mol. The van der Waals surface area contributed by atoms with E-state index in [4.69, 9.17) is 5.26 Å². The fourth-order valence-electron chi connectivity index (χ4n) is 4.12. The fourth-order valence-corrected chi connectivity index (χ4v) is 4.12. The number of hydrogen-bond acceptors (Lipinski definition) is 4. The Kier molecular flexibility index (Phi) is 9.00. The van der Waals surface area contributed by atoms with Crippen LogP contribution < -0.4 is 10.2 Å². The second-order valence-corrected chi connectivity index (χ2v) is 8.89. The molecule has 6 heteroatoms. The summed E-state index contributed by atoms with van der Waals surface area (Å²) in [5.41, 5.74) is 6.20. The first-order valence-electron chi connectivity index (χ1n) is 12.0. The number of aryl methyl sites for hydroxylation is 1. The Morgan fingerprint density at radius 2 is 1.97 bits per heavy atom. The number of nitrogens with one attached hydrogen (secondary N) is 1. The number of amides is 1. The molecular weight excluding hydrogens is 422 g/mol. The lowest BCUT2D eigenvalue weighted by Gasteiger charge is -2.29. The van der Waals surface area contributed by atoms with Gasteiger partial charge in [0.25, 0.3) is 0 Å². The summed E-state index contributed by atoms with van der Waals surface area (Å²) < 4.78 is 2.12. The van der Waals surface area contributed by atoms with Crippen molar-refractivity contribution in [3.05, 3.63) is 82.9 Å². The maximum absolute atomic E-state index is 12.6. The number of aromatic nitrogens is 2. The third-order valence-electron chi connectivity index (χ3n) is 6.36. The van der Waals surface area contributed by atoms with Crippen LogP contribution in [0.4, 0.5) is 5.69 Å². The van der Waals surface area contributed by atoms with Crippen molar-refractivity contribution < 1.29 is 4.79 Å². The highest BCUT2D eigenvalue weighted by Crippen LogP contribution is 2.24. The summed E-state index contributed by atoms with van der Waals surface area (Å²) in [5.74, 6) is 0.0582. The molecule has 0 saturated carbocycles. The Bertz CT molecular complexity index is 1130. The highest BCUT2D eigenvalue weighted by Gasteiger charge is 2.20. The van der Waals surface area contributed by atoms with Crippen molar-refractivity contribution in [2.45, 2.75) is 66.1 Å². The molecule has 0 spiro atoms. The second-order valence-electron chi connectivity index (χ2n) is 8.89.